The molecule has 1 aromatic carbocycles. The standard InChI is InChI=1S/C22H27N3O7/c1-24-14(9-19(26)25(2)22(24)29)12-32-21(28)15-10-17(30-3)18(31-4)11-16(15)23-20(27)13-7-5-6-8-13/h9-11,13H,5-8,12H2,1-4H3,(H,23,27). The minimum absolute atomic E-state index is 0.0721. The van der Waals surface area contributed by atoms with Gasteiger partial charge in [-0.2, -0.15) is 0 Å². The number of aromatic nitrogens is 2. The lowest BCUT2D eigenvalue weighted by atomic mass is 10.1. The van der Waals surface area contributed by atoms with E-state index in [-0.39, 0.29) is 35.4 Å². The molecule has 1 saturated carbocycles. The minimum Gasteiger partial charge on any atom is -0.493 e. The van der Waals surface area contributed by atoms with Gasteiger partial charge >= 0.3 is 11.7 Å². The number of esters is 1. The van der Waals surface area contributed by atoms with Gasteiger partial charge in [-0.1, -0.05) is 12.8 Å². The minimum atomic E-state index is -0.749. The zero-order valence-electron chi connectivity index (χ0n) is 18.6. The fourth-order valence-electron chi connectivity index (χ4n) is 3.71. The first-order valence-electron chi connectivity index (χ1n) is 10.3. The van der Waals surface area contributed by atoms with Gasteiger partial charge < -0.3 is 19.5 Å². The van der Waals surface area contributed by atoms with Crippen molar-refractivity contribution < 1.29 is 23.8 Å². The molecule has 0 atom stereocenters. The van der Waals surface area contributed by atoms with Crippen LogP contribution in [-0.2, 0) is 30.2 Å². The summed E-state index contributed by atoms with van der Waals surface area (Å²) in [5, 5.41) is 2.81. The fourth-order valence-corrected chi connectivity index (χ4v) is 3.71. The molecule has 10 nitrogen and oxygen atoms in total. The van der Waals surface area contributed by atoms with E-state index in [2.05, 4.69) is 5.32 Å². The van der Waals surface area contributed by atoms with Crippen molar-refractivity contribution in [2.45, 2.75) is 32.3 Å². The third-order valence-corrected chi connectivity index (χ3v) is 5.70. The number of carbonyl (C=O) groups excluding carboxylic acids is 2. The van der Waals surface area contributed by atoms with Gasteiger partial charge in [-0.05, 0) is 12.8 Å². The lowest BCUT2D eigenvalue weighted by Gasteiger charge is -2.17. The van der Waals surface area contributed by atoms with Crippen LogP contribution < -0.4 is 26.0 Å². The van der Waals surface area contributed by atoms with Crippen LogP contribution >= 0.6 is 0 Å². The van der Waals surface area contributed by atoms with E-state index in [0.717, 1.165) is 30.3 Å². The molecule has 0 bridgehead atoms. The van der Waals surface area contributed by atoms with Gasteiger partial charge in [0.25, 0.3) is 5.56 Å². The van der Waals surface area contributed by atoms with Crippen LogP contribution in [0.15, 0.2) is 27.8 Å². The van der Waals surface area contributed by atoms with E-state index < -0.39 is 17.2 Å². The Labute approximate surface area is 184 Å². The van der Waals surface area contributed by atoms with Crippen molar-refractivity contribution >= 4 is 17.6 Å². The maximum Gasteiger partial charge on any atom is 0.340 e. The topological polar surface area (TPSA) is 118 Å². The first-order valence-corrected chi connectivity index (χ1v) is 10.3. The third kappa shape index (κ3) is 4.68. The van der Waals surface area contributed by atoms with Gasteiger partial charge in [0.05, 0.1) is 31.2 Å². The molecule has 1 aliphatic rings. The largest absolute Gasteiger partial charge is 0.493 e. The van der Waals surface area contributed by atoms with Gasteiger partial charge in [0.15, 0.2) is 11.5 Å². The van der Waals surface area contributed by atoms with Crippen molar-refractivity contribution in [2.75, 3.05) is 19.5 Å². The molecule has 1 aliphatic carbocycles. The molecule has 172 valence electrons. The average Bonchev–Trinajstić information content (AvgIpc) is 3.33. The molecule has 2 aromatic rings. The first kappa shape index (κ1) is 23.1. The predicted octanol–water partition coefficient (Wildman–Crippen LogP) is 1.59. The van der Waals surface area contributed by atoms with Crippen molar-refractivity contribution in [1.82, 2.24) is 9.13 Å². The van der Waals surface area contributed by atoms with Crippen LogP contribution in [0.4, 0.5) is 5.69 Å². The number of rotatable bonds is 7. The summed E-state index contributed by atoms with van der Waals surface area (Å²) in [4.78, 5) is 49.6. The van der Waals surface area contributed by atoms with E-state index in [4.69, 9.17) is 14.2 Å². The lowest BCUT2D eigenvalue weighted by molar-refractivity contribution is -0.119. The Kier molecular flexibility index (Phi) is 7.01. The molecule has 0 saturated heterocycles. The van der Waals surface area contributed by atoms with Crippen LogP contribution in [0.25, 0.3) is 0 Å². The van der Waals surface area contributed by atoms with E-state index in [1.807, 2.05) is 0 Å². The van der Waals surface area contributed by atoms with Crippen molar-refractivity contribution in [3.05, 3.63) is 50.3 Å². The quantitative estimate of drug-likeness (QED) is 0.643. The van der Waals surface area contributed by atoms with Gasteiger partial charge in [-0.3, -0.25) is 18.7 Å². The highest BCUT2D eigenvalue weighted by atomic mass is 16.5. The first-order chi connectivity index (χ1) is 15.3. The normalized spacial score (nSPS) is 13.6. The summed E-state index contributed by atoms with van der Waals surface area (Å²) in [6.45, 7) is -0.301. The van der Waals surface area contributed by atoms with Crippen LogP contribution in [-0.4, -0.2) is 35.2 Å². The van der Waals surface area contributed by atoms with E-state index in [1.54, 1.807) is 0 Å². The van der Waals surface area contributed by atoms with Crippen LogP contribution in [0.5, 0.6) is 11.5 Å². The van der Waals surface area contributed by atoms with Gasteiger partial charge in [0, 0.05) is 38.2 Å². The molecule has 1 N–H and O–H groups in total. The summed E-state index contributed by atoms with van der Waals surface area (Å²) in [6.07, 6.45) is 3.59. The molecule has 10 heteroatoms. The number of hydrogen-bond donors (Lipinski definition) is 1. The van der Waals surface area contributed by atoms with Crippen LogP contribution in [0.2, 0.25) is 0 Å². The Morgan fingerprint density at radius 2 is 1.62 bits per heavy atom. The van der Waals surface area contributed by atoms with Gasteiger partial charge in [0.1, 0.15) is 6.61 Å². The molecule has 0 spiro atoms. The summed E-state index contributed by atoms with van der Waals surface area (Å²) in [5.41, 5.74) is -0.484. The molecule has 3 rings (SSSR count). The van der Waals surface area contributed by atoms with Crippen LogP contribution in [0.1, 0.15) is 41.7 Å². The average molecular weight is 445 g/mol. The molecule has 0 unspecified atom stereocenters. The summed E-state index contributed by atoms with van der Waals surface area (Å²) in [5.74, 6) is -0.389. The molecular formula is C22H27N3O7. The third-order valence-electron chi connectivity index (χ3n) is 5.70. The second kappa shape index (κ2) is 9.71. The second-order valence-electron chi connectivity index (χ2n) is 7.67. The summed E-state index contributed by atoms with van der Waals surface area (Å²) in [6, 6.07) is 4.16. The Morgan fingerprint density at radius 1 is 1.00 bits per heavy atom. The maximum absolute atomic E-state index is 12.9. The number of ether oxygens (including phenoxy) is 3. The maximum atomic E-state index is 12.9. The number of hydrogen-bond acceptors (Lipinski definition) is 7. The molecule has 1 aromatic heterocycles. The number of nitrogens with zero attached hydrogens (tertiary/aromatic N) is 2. The smallest absolute Gasteiger partial charge is 0.340 e. The summed E-state index contributed by atoms with van der Waals surface area (Å²) in [7, 11) is 5.73. The SMILES string of the molecule is COc1cc(NC(=O)C2CCCC2)c(C(=O)OCc2cc(=O)n(C)c(=O)n2C)cc1OC. The Bertz CT molecular complexity index is 1140. The molecule has 0 radical (unpaired) electrons. The van der Waals surface area contributed by atoms with Crippen LogP contribution in [0.3, 0.4) is 0 Å². The Balaban J connectivity index is 1.89. The Morgan fingerprint density at radius 3 is 2.25 bits per heavy atom. The molecule has 0 aliphatic heterocycles. The lowest BCUT2D eigenvalue weighted by Crippen LogP contribution is -2.38. The molecule has 1 heterocycles. The number of carbonyl (C=O) groups is 2. The zero-order chi connectivity index (χ0) is 23.4. The summed E-state index contributed by atoms with van der Waals surface area (Å²) >= 11 is 0. The highest BCUT2D eigenvalue weighted by molar-refractivity contribution is 6.02. The number of benzene rings is 1. The van der Waals surface area contributed by atoms with Gasteiger partial charge in [-0.25, -0.2) is 9.59 Å². The molecule has 1 fully saturated rings. The molecule has 32 heavy (non-hydrogen) atoms. The fraction of sp³-hybridized carbons (Fsp3) is 0.455. The van der Waals surface area contributed by atoms with E-state index >= 15 is 0 Å². The van der Waals surface area contributed by atoms with E-state index in [1.165, 1.54) is 51.1 Å². The monoisotopic (exact) mass is 445 g/mol. The van der Waals surface area contributed by atoms with Crippen LogP contribution in [0, 0.1) is 5.92 Å². The number of amides is 1. The zero-order valence-corrected chi connectivity index (χ0v) is 18.6. The van der Waals surface area contributed by atoms with Crippen molar-refractivity contribution in [1.29, 1.82) is 0 Å². The second-order valence-corrected chi connectivity index (χ2v) is 7.67. The Hall–Kier alpha value is -3.56. The van der Waals surface area contributed by atoms with Crippen molar-refractivity contribution in [3.8, 4) is 11.5 Å². The van der Waals surface area contributed by atoms with Crippen molar-refractivity contribution in [3.63, 3.8) is 0 Å². The predicted molar refractivity (Wildman–Crippen MR) is 116 cm³/mol. The number of nitrogens with one attached hydrogen (secondary N) is 1. The van der Waals surface area contributed by atoms with Crippen molar-refractivity contribution in [2.24, 2.45) is 20.0 Å². The van der Waals surface area contributed by atoms with Gasteiger partial charge in [0.2, 0.25) is 5.91 Å². The number of methoxy groups -OCH3 is 2. The van der Waals surface area contributed by atoms with E-state index in [9.17, 15) is 19.2 Å². The molecule has 1 amide bonds. The highest BCUT2D eigenvalue weighted by Crippen LogP contribution is 2.35. The highest BCUT2D eigenvalue weighted by Gasteiger charge is 2.26. The molecular weight excluding hydrogens is 418 g/mol. The number of anilines is 1. The summed E-state index contributed by atoms with van der Waals surface area (Å²) < 4.78 is 18.1. The van der Waals surface area contributed by atoms with E-state index in [0.29, 0.717) is 11.5 Å². The van der Waals surface area contributed by atoms with Gasteiger partial charge in [-0.15, -0.1) is 0 Å².